The lowest BCUT2D eigenvalue weighted by atomic mass is 10.1. The highest BCUT2D eigenvalue weighted by atomic mass is 79.9. The Labute approximate surface area is 126 Å². The lowest BCUT2D eigenvalue weighted by molar-refractivity contribution is 0.0697. The van der Waals surface area contributed by atoms with Crippen molar-refractivity contribution in [2.24, 2.45) is 0 Å². The molecule has 20 heavy (non-hydrogen) atoms. The lowest BCUT2D eigenvalue weighted by Crippen LogP contribution is -2.19. The van der Waals surface area contributed by atoms with Crippen molar-refractivity contribution in [3.05, 3.63) is 63.6 Å². The second kappa shape index (κ2) is 5.29. The predicted molar refractivity (Wildman–Crippen MR) is 82.3 cm³/mol. The van der Waals surface area contributed by atoms with E-state index in [1.165, 1.54) is 5.56 Å². The van der Waals surface area contributed by atoms with E-state index in [1.54, 1.807) is 12.1 Å². The van der Waals surface area contributed by atoms with E-state index in [1.807, 2.05) is 18.2 Å². The summed E-state index contributed by atoms with van der Waals surface area (Å²) >= 11 is 3.44. The summed E-state index contributed by atoms with van der Waals surface area (Å²) in [6.07, 6.45) is 0.910. The minimum atomic E-state index is -0.862. The molecule has 0 saturated heterocycles. The maximum absolute atomic E-state index is 11.0. The summed E-state index contributed by atoms with van der Waals surface area (Å²) in [6.45, 7) is 1.79. The number of benzene rings is 2. The smallest absolute Gasteiger partial charge is 0.335 e. The van der Waals surface area contributed by atoms with Crippen LogP contribution in [0.2, 0.25) is 0 Å². The van der Waals surface area contributed by atoms with E-state index in [4.69, 9.17) is 5.11 Å². The van der Waals surface area contributed by atoms with E-state index < -0.39 is 5.97 Å². The van der Waals surface area contributed by atoms with Gasteiger partial charge in [-0.15, -0.1) is 0 Å². The standard InChI is InChI=1S/C16H14BrNO2/c17-14-4-1-11(2-5-14)10-18-8-7-12-9-13(16(19)20)3-6-15(12)18/h1-6,9H,7-8,10H2,(H,19,20). The van der Waals surface area contributed by atoms with Gasteiger partial charge in [-0.05, 0) is 47.9 Å². The molecule has 0 atom stereocenters. The highest BCUT2D eigenvalue weighted by Gasteiger charge is 2.20. The van der Waals surface area contributed by atoms with Crippen LogP contribution < -0.4 is 4.90 Å². The molecule has 2 aromatic carbocycles. The van der Waals surface area contributed by atoms with Gasteiger partial charge >= 0.3 is 5.97 Å². The molecule has 1 heterocycles. The van der Waals surface area contributed by atoms with Crippen LogP contribution in [-0.4, -0.2) is 17.6 Å². The first-order valence-corrected chi connectivity index (χ1v) is 7.28. The van der Waals surface area contributed by atoms with Gasteiger partial charge in [0, 0.05) is 23.2 Å². The number of aromatic carboxylic acids is 1. The van der Waals surface area contributed by atoms with Gasteiger partial charge in [-0.3, -0.25) is 0 Å². The van der Waals surface area contributed by atoms with Crippen LogP contribution in [-0.2, 0) is 13.0 Å². The Hall–Kier alpha value is -1.81. The monoisotopic (exact) mass is 331 g/mol. The van der Waals surface area contributed by atoms with Crippen LogP contribution in [0.1, 0.15) is 21.5 Å². The predicted octanol–water partition coefficient (Wildman–Crippen LogP) is 3.71. The van der Waals surface area contributed by atoms with Gasteiger partial charge in [-0.25, -0.2) is 4.79 Å². The number of nitrogens with zero attached hydrogens (tertiary/aromatic N) is 1. The van der Waals surface area contributed by atoms with Gasteiger partial charge in [0.15, 0.2) is 0 Å². The summed E-state index contributed by atoms with van der Waals surface area (Å²) in [6, 6.07) is 13.7. The molecule has 3 nitrogen and oxygen atoms in total. The molecular formula is C16H14BrNO2. The third kappa shape index (κ3) is 2.56. The van der Waals surface area contributed by atoms with E-state index in [0.29, 0.717) is 5.56 Å². The highest BCUT2D eigenvalue weighted by Crippen LogP contribution is 2.30. The SMILES string of the molecule is O=C(O)c1ccc2c(c1)CCN2Cc1ccc(Br)cc1. The maximum atomic E-state index is 11.0. The summed E-state index contributed by atoms with van der Waals surface area (Å²) < 4.78 is 1.08. The third-order valence-corrected chi connectivity index (χ3v) is 4.13. The molecule has 0 amide bonds. The summed E-state index contributed by atoms with van der Waals surface area (Å²) in [5.41, 5.74) is 3.90. The zero-order chi connectivity index (χ0) is 14.1. The number of carboxylic acids is 1. The molecule has 0 bridgehead atoms. The lowest BCUT2D eigenvalue weighted by Gasteiger charge is -2.19. The summed E-state index contributed by atoms with van der Waals surface area (Å²) in [4.78, 5) is 13.3. The van der Waals surface area contributed by atoms with Crippen LogP contribution in [0, 0.1) is 0 Å². The Morgan fingerprint density at radius 1 is 1.20 bits per heavy atom. The molecule has 1 N–H and O–H groups in total. The number of hydrogen-bond acceptors (Lipinski definition) is 2. The number of anilines is 1. The summed E-state index contributed by atoms with van der Waals surface area (Å²) in [5, 5.41) is 9.03. The van der Waals surface area contributed by atoms with E-state index in [9.17, 15) is 4.79 Å². The quantitative estimate of drug-likeness (QED) is 0.931. The molecule has 0 aromatic heterocycles. The number of halogens is 1. The maximum Gasteiger partial charge on any atom is 0.335 e. The molecule has 0 radical (unpaired) electrons. The van der Waals surface area contributed by atoms with Gasteiger partial charge in [0.05, 0.1) is 5.56 Å². The van der Waals surface area contributed by atoms with Crippen molar-refractivity contribution < 1.29 is 9.90 Å². The van der Waals surface area contributed by atoms with Crippen LogP contribution in [0.5, 0.6) is 0 Å². The van der Waals surface area contributed by atoms with Gasteiger partial charge < -0.3 is 10.0 Å². The van der Waals surface area contributed by atoms with Crippen molar-refractivity contribution in [3.63, 3.8) is 0 Å². The van der Waals surface area contributed by atoms with Gasteiger partial charge in [0.25, 0.3) is 0 Å². The number of rotatable bonds is 3. The Balaban J connectivity index is 1.82. The minimum absolute atomic E-state index is 0.370. The molecule has 4 heteroatoms. The second-order valence-electron chi connectivity index (χ2n) is 4.95. The first-order chi connectivity index (χ1) is 9.63. The van der Waals surface area contributed by atoms with Crippen molar-refractivity contribution in [3.8, 4) is 0 Å². The topological polar surface area (TPSA) is 40.5 Å². The van der Waals surface area contributed by atoms with Crippen molar-refractivity contribution >= 4 is 27.6 Å². The largest absolute Gasteiger partial charge is 0.478 e. The van der Waals surface area contributed by atoms with Gasteiger partial charge in [0.1, 0.15) is 0 Å². The number of carbonyl (C=O) groups is 1. The van der Waals surface area contributed by atoms with Crippen LogP contribution in [0.4, 0.5) is 5.69 Å². The van der Waals surface area contributed by atoms with Crippen LogP contribution in [0.25, 0.3) is 0 Å². The summed E-state index contributed by atoms with van der Waals surface area (Å²) in [5.74, 6) is -0.862. The molecule has 2 aromatic rings. The average Bonchev–Trinajstić information content (AvgIpc) is 2.84. The molecule has 0 spiro atoms. The van der Waals surface area contributed by atoms with Gasteiger partial charge in [0.2, 0.25) is 0 Å². The van der Waals surface area contributed by atoms with Gasteiger partial charge in [-0.2, -0.15) is 0 Å². The molecule has 0 saturated carbocycles. The molecule has 0 aliphatic carbocycles. The Bertz CT molecular complexity index is 652. The van der Waals surface area contributed by atoms with Crippen molar-refractivity contribution in [1.82, 2.24) is 0 Å². The second-order valence-corrected chi connectivity index (χ2v) is 5.86. The zero-order valence-corrected chi connectivity index (χ0v) is 12.4. The molecule has 0 fully saturated rings. The molecule has 3 rings (SSSR count). The zero-order valence-electron chi connectivity index (χ0n) is 10.8. The van der Waals surface area contributed by atoms with E-state index in [-0.39, 0.29) is 0 Å². The molecule has 0 unspecified atom stereocenters. The van der Waals surface area contributed by atoms with Crippen molar-refractivity contribution in [1.29, 1.82) is 0 Å². The van der Waals surface area contributed by atoms with Crippen LogP contribution in [0.15, 0.2) is 46.9 Å². The Morgan fingerprint density at radius 2 is 1.95 bits per heavy atom. The van der Waals surface area contributed by atoms with E-state index in [0.717, 1.165) is 35.2 Å². The first-order valence-electron chi connectivity index (χ1n) is 6.49. The number of hydrogen-bond donors (Lipinski definition) is 1. The molecular weight excluding hydrogens is 318 g/mol. The molecule has 102 valence electrons. The first kappa shape index (κ1) is 13.2. The summed E-state index contributed by atoms with van der Waals surface area (Å²) in [7, 11) is 0. The number of carboxylic acid groups (broad SMARTS) is 1. The van der Waals surface area contributed by atoms with Crippen LogP contribution >= 0.6 is 15.9 Å². The average molecular weight is 332 g/mol. The van der Waals surface area contributed by atoms with Gasteiger partial charge in [-0.1, -0.05) is 28.1 Å². The Kier molecular flexibility index (Phi) is 3.49. The van der Waals surface area contributed by atoms with Crippen molar-refractivity contribution in [2.75, 3.05) is 11.4 Å². The highest BCUT2D eigenvalue weighted by molar-refractivity contribution is 9.10. The fourth-order valence-corrected chi connectivity index (χ4v) is 2.84. The number of fused-ring (bicyclic) bond motifs is 1. The molecule has 1 aliphatic rings. The fraction of sp³-hybridized carbons (Fsp3) is 0.188. The van der Waals surface area contributed by atoms with Crippen molar-refractivity contribution in [2.45, 2.75) is 13.0 Å². The van der Waals surface area contributed by atoms with E-state index in [2.05, 4.69) is 33.0 Å². The fourth-order valence-electron chi connectivity index (χ4n) is 2.58. The third-order valence-electron chi connectivity index (χ3n) is 3.60. The molecule has 1 aliphatic heterocycles. The van der Waals surface area contributed by atoms with Crippen LogP contribution in [0.3, 0.4) is 0 Å². The Morgan fingerprint density at radius 3 is 2.65 bits per heavy atom. The minimum Gasteiger partial charge on any atom is -0.478 e. The van der Waals surface area contributed by atoms with E-state index >= 15 is 0 Å². The normalized spacial score (nSPS) is 13.3.